The van der Waals surface area contributed by atoms with E-state index in [0.717, 1.165) is 19.5 Å². The maximum absolute atomic E-state index is 6.33. The topological polar surface area (TPSA) is 3.24 Å². The van der Waals surface area contributed by atoms with Crippen LogP contribution in [0, 0.1) is 6.92 Å². The van der Waals surface area contributed by atoms with Crippen molar-refractivity contribution >= 4 is 23.4 Å². The molecule has 2 atom stereocenters. The van der Waals surface area contributed by atoms with Crippen LogP contribution in [-0.4, -0.2) is 29.7 Å². The lowest BCUT2D eigenvalue weighted by Crippen LogP contribution is -2.32. The van der Waals surface area contributed by atoms with Gasteiger partial charge in [0.1, 0.15) is 0 Å². The van der Waals surface area contributed by atoms with E-state index in [1.807, 2.05) is 11.8 Å². The Bertz CT molecular complexity index is 497. The molecule has 3 rings (SSSR count). The predicted octanol–water partition coefficient (Wildman–Crippen LogP) is 3.98. The average Bonchev–Trinajstić information content (AvgIpc) is 2.69. The first-order chi connectivity index (χ1) is 8.65. The van der Waals surface area contributed by atoms with E-state index in [0.29, 0.717) is 5.92 Å². The number of hydrogen-bond donors (Lipinski definition) is 0. The summed E-state index contributed by atoms with van der Waals surface area (Å²) in [4.78, 5) is 3.93. The number of benzene rings is 1. The molecule has 2 aliphatic rings. The van der Waals surface area contributed by atoms with Crippen molar-refractivity contribution in [3.63, 3.8) is 0 Å². The molecule has 18 heavy (non-hydrogen) atoms. The largest absolute Gasteiger partial charge is 0.301 e. The molecule has 96 valence electrons. The van der Waals surface area contributed by atoms with E-state index < -0.39 is 0 Å². The van der Waals surface area contributed by atoms with Crippen molar-refractivity contribution in [1.29, 1.82) is 0 Å². The second-order valence-corrected chi connectivity index (χ2v) is 7.37. The molecule has 0 N–H and O–H groups in total. The van der Waals surface area contributed by atoms with Gasteiger partial charge in [0, 0.05) is 23.9 Å². The maximum Gasteiger partial charge on any atom is 0.0870 e. The van der Waals surface area contributed by atoms with Crippen molar-refractivity contribution < 1.29 is 0 Å². The van der Waals surface area contributed by atoms with Gasteiger partial charge in [-0.15, -0.1) is 23.4 Å². The molecular formula is C15H18ClNS. The Hall–Kier alpha value is -0.440. The lowest BCUT2D eigenvalue weighted by Gasteiger charge is -2.32. The summed E-state index contributed by atoms with van der Waals surface area (Å²) in [6.45, 7) is 4.41. The first-order valence-electron chi connectivity index (χ1n) is 6.42. The van der Waals surface area contributed by atoms with E-state index in [4.69, 9.17) is 11.6 Å². The minimum atomic E-state index is 0.244. The summed E-state index contributed by atoms with van der Waals surface area (Å²) >= 11 is 8.19. The molecule has 0 bridgehead atoms. The quantitative estimate of drug-likeness (QED) is 0.716. The van der Waals surface area contributed by atoms with Gasteiger partial charge in [-0.1, -0.05) is 24.3 Å². The summed E-state index contributed by atoms with van der Waals surface area (Å²) in [7, 11) is 2.21. The summed E-state index contributed by atoms with van der Waals surface area (Å²) in [5, 5.41) is 0. The van der Waals surface area contributed by atoms with Gasteiger partial charge in [-0.05, 0) is 37.1 Å². The number of likely N-dealkylation sites (N-methyl/N-ethyl adjacent to an activating group) is 1. The zero-order valence-corrected chi connectivity index (χ0v) is 12.4. The summed E-state index contributed by atoms with van der Waals surface area (Å²) in [6.07, 6.45) is 1.05. The molecular weight excluding hydrogens is 262 g/mol. The number of thioether (sulfide) groups is 1. The molecule has 3 heteroatoms. The molecule has 1 unspecified atom stereocenters. The van der Waals surface area contributed by atoms with Crippen LogP contribution in [0.25, 0.3) is 0 Å². The predicted molar refractivity (Wildman–Crippen MR) is 80.3 cm³/mol. The standard InChI is InChI=1S/C15H18ClNS/c1-10-5-3-4-6-11(10)13-8-17(2)9-14-12(13)7-15(16)18-14/h3-6,13,15H,7-9H2,1-2H3/t13-,15?/m0/s1. The summed E-state index contributed by atoms with van der Waals surface area (Å²) in [6, 6.07) is 8.76. The van der Waals surface area contributed by atoms with E-state index in [2.05, 4.69) is 43.1 Å². The highest BCUT2D eigenvalue weighted by molar-refractivity contribution is 8.05. The minimum absolute atomic E-state index is 0.244. The van der Waals surface area contributed by atoms with E-state index in [1.165, 1.54) is 16.0 Å². The van der Waals surface area contributed by atoms with E-state index in [-0.39, 0.29) is 4.71 Å². The Balaban J connectivity index is 2.01. The van der Waals surface area contributed by atoms with Crippen LogP contribution in [0.1, 0.15) is 23.5 Å². The fourth-order valence-electron chi connectivity index (χ4n) is 3.03. The Kier molecular flexibility index (Phi) is 3.44. The first kappa shape index (κ1) is 12.6. The monoisotopic (exact) mass is 279 g/mol. The van der Waals surface area contributed by atoms with Crippen molar-refractivity contribution in [2.75, 3.05) is 20.1 Å². The third kappa shape index (κ3) is 2.22. The van der Waals surface area contributed by atoms with Crippen LogP contribution in [0.4, 0.5) is 0 Å². The van der Waals surface area contributed by atoms with Crippen LogP contribution in [0.3, 0.4) is 0 Å². The average molecular weight is 280 g/mol. The van der Waals surface area contributed by atoms with Gasteiger partial charge in [0.2, 0.25) is 0 Å². The molecule has 1 aromatic rings. The summed E-state index contributed by atoms with van der Waals surface area (Å²) in [5.74, 6) is 0.538. The number of nitrogens with zero attached hydrogens (tertiary/aromatic N) is 1. The number of halogens is 1. The lowest BCUT2D eigenvalue weighted by atomic mass is 9.84. The molecule has 0 fully saturated rings. The van der Waals surface area contributed by atoms with Crippen LogP contribution in [0.15, 0.2) is 34.7 Å². The van der Waals surface area contributed by atoms with Crippen LogP contribution in [0.2, 0.25) is 0 Å². The summed E-state index contributed by atoms with van der Waals surface area (Å²) < 4.78 is 0.244. The smallest absolute Gasteiger partial charge is 0.0870 e. The van der Waals surface area contributed by atoms with Crippen molar-refractivity contribution in [2.45, 2.75) is 24.0 Å². The fourth-order valence-corrected chi connectivity index (χ4v) is 4.76. The van der Waals surface area contributed by atoms with Gasteiger partial charge in [-0.25, -0.2) is 0 Å². The molecule has 0 radical (unpaired) electrons. The van der Waals surface area contributed by atoms with Gasteiger partial charge in [-0.2, -0.15) is 0 Å². The molecule has 0 spiro atoms. The van der Waals surface area contributed by atoms with Crippen molar-refractivity contribution in [3.05, 3.63) is 45.9 Å². The highest BCUT2D eigenvalue weighted by Gasteiger charge is 2.34. The lowest BCUT2D eigenvalue weighted by molar-refractivity contribution is 0.333. The third-order valence-corrected chi connectivity index (χ3v) is 5.42. The highest BCUT2D eigenvalue weighted by Crippen LogP contribution is 2.48. The zero-order chi connectivity index (χ0) is 12.7. The molecule has 0 saturated carbocycles. The van der Waals surface area contributed by atoms with E-state index >= 15 is 0 Å². The maximum atomic E-state index is 6.33. The highest BCUT2D eigenvalue weighted by atomic mass is 35.5. The fraction of sp³-hybridized carbons (Fsp3) is 0.467. The van der Waals surface area contributed by atoms with Crippen LogP contribution in [-0.2, 0) is 0 Å². The zero-order valence-electron chi connectivity index (χ0n) is 10.8. The second-order valence-electron chi connectivity index (χ2n) is 5.29. The number of aryl methyl sites for hydroxylation is 1. The number of rotatable bonds is 1. The van der Waals surface area contributed by atoms with Gasteiger partial charge in [0.05, 0.1) is 4.71 Å². The molecule has 2 heterocycles. The van der Waals surface area contributed by atoms with Gasteiger partial charge in [-0.3, -0.25) is 0 Å². The SMILES string of the molecule is Cc1ccccc1[C@@H]1CN(C)CC2=C1CC(Cl)S2. The Morgan fingerprint density at radius 3 is 2.89 bits per heavy atom. The van der Waals surface area contributed by atoms with E-state index in [9.17, 15) is 0 Å². The van der Waals surface area contributed by atoms with Gasteiger partial charge in [0.25, 0.3) is 0 Å². The van der Waals surface area contributed by atoms with Crippen molar-refractivity contribution in [1.82, 2.24) is 4.90 Å². The first-order valence-corrected chi connectivity index (χ1v) is 7.73. The van der Waals surface area contributed by atoms with Crippen molar-refractivity contribution in [3.8, 4) is 0 Å². The Morgan fingerprint density at radius 1 is 1.33 bits per heavy atom. The summed E-state index contributed by atoms with van der Waals surface area (Å²) in [5.41, 5.74) is 4.46. The van der Waals surface area contributed by atoms with Gasteiger partial charge >= 0.3 is 0 Å². The molecule has 0 aliphatic carbocycles. The van der Waals surface area contributed by atoms with E-state index in [1.54, 1.807) is 5.57 Å². The van der Waals surface area contributed by atoms with Crippen LogP contribution < -0.4 is 0 Å². The normalized spacial score (nSPS) is 28.6. The molecule has 0 saturated heterocycles. The molecule has 0 amide bonds. The minimum Gasteiger partial charge on any atom is -0.301 e. The number of hydrogen-bond acceptors (Lipinski definition) is 2. The Morgan fingerprint density at radius 2 is 2.11 bits per heavy atom. The molecule has 0 aromatic heterocycles. The van der Waals surface area contributed by atoms with Crippen LogP contribution >= 0.6 is 23.4 Å². The van der Waals surface area contributed by atoms with Gasteiger partial charge < -0.3 is 4.90 Å². The van der Waals surface area contributed by atoms with Crippen molar-refractivity contribution in [2.24, 2.45) is 0 Å². The third-order valence-electron chi connectivity index (χ3n) is 3.90. The molecule has 1 nitrogen and oxygen atoms in total. The van der Waals surface area contributed by atoms with Gasteiger partial charge in [0.15, 0.2) is 0 Å². The number of alkyl halides is 1. The Labute approximate surface area is 118 Å². The molecule has 2 aliphatic heterocycles. The second kappa shape index (κ2) is 4.92. The molecule has 1 aromatic carbocycles. The van der Waals surface area contributed by atoms with Crippen LogP contribution in [0.5, 0.6) is 0 Å².